The summed E-state index contributed by atoms with van der Waals surface area (Å²) in [4.78, 5) is 12.6. The van der Waals surface area contributed by atoms with E-state index in [-0.39, 0.29) is 24.3 Å². The van der Waals surface area contributed by atoms with Crippen molar-refractivity contribution in [1.29, 1.82) is 0 Å². The minimum absolute atomic E-state index is 0.152. The summed E-state index contributed by atoms with van der Waals surface area (Å²) in [5.74, 6) is 1.30. The molecular formula is C24H21BrN2O3. The zero-order valence-electron chi connectivity index (χ0n) is 16.4. The first-order chi connectivity index (χ1) is 14.6. The molecule has 2 aromatic heterocycles. The Morgan fingerprint density at radius 3 is 2.50 bits per heavy atom. The summed E-state index contributed by atoms with van der Waals surface area (Å²) in [6.45, 7) is 2.19. The molecule has 4 rings (SSSR count). The number of amides is 1. The van der Waals surface area contributed by atoms with Crippen LogP contribution in [-0.4, -0.2) is 10.5 Å². The highest BCUT2D eigenvalue weighted by molar-refractivity contribution is 9.10. The van der Waals surface area contributed by atoms with E-state index in [4.69, 9.17) is 9.15 Å². The Morgan fingerprint density at radius 2 is 1.77 bits per heavy atom. The van der Waals surface area contributed by atoms with Crippen molar-refractivity contribution in [3.63, 3.8) is 0 Å². The number of ether oxygens (including phenoxy) is 1. The highest BCUT2D eigenvalue weighted by Crippen LogP contribution is 2.25. The van der Waals surface area contributed by atoms with Gasteiger partial charge in [-0.15, -0.1) is 0 Å². The second-order valence-corrected chi connectivity index (χ2v) is 7.72. The maximum atomic E-state index is 12.6. The molecule has 0 saturated carbocycles. The predicted octanol–water partition coefficient (Wildman–Crippen LogP) is 5.90. The number of carbonyl (C=O) groups is 1. The van der Waals surface area contributed by atoms with Gasteiger partial charge in [0.25, 0.3) is 5.91 Å². The molecule has 1 unspecified atom stereocenters. The molecule has 0 aliphatic rings. The summed E-state index contributed by atoms with van der Waals surface area (Å²) in [5.41, 5.74) is 2.09. The van der Waals surface area contributed by atoms with Gasteiger partial charge in [-0.3, -0.25) is 4.79 Å². The normalized spacial score (nSPS) is 11.8. The molecule has 6 heteroatoms. The minimum Gasteiger partial charge on any atom is -0.484 e. The Hall–Kier alpha value is -3.25. The van der Waals surface area contributed by atoms with E-state index in [1.54, 1.807) is 12.1 Å². The maximum absolute atomic E-state index is 12.6. The SMILES string of the molecule is CC(NC(=O)c1ccc(COc2ccccc2Br)o1)c1ccc(-n2cccc2)cc1. The fourth-order valence-corrected chi connectivity index (χ4v) is 3.48. The molecule has 0 aliphatic carbocycles. The van der Waals surface area contributed by atoms with E-state index >= 15 is 0 Å². The molecule has 30 heavy (non-hydrogen) atoms. The topological polar surface area (TPSA) is 56.4 Å². The molecule has 1 atom stereocenters. The van der Waals surface area contributed by atoms with Crippen molar-refractivity contribution in [3.8, 4) is 11.4 Å². The number of para-hydroxylation sites is 1. The first-order valence-corrected chi connectivity index (χ1v) is 10.4. The summed E-state index contributed by atoms with van der Waals surface area (Å²) in [6, 6.07) is 22.9. The van der Waals surface area contributed by atoms with Gasteiger partial charge in [-0.25, -0.2) is 0 Å². The van der Waals surface area contributed by atoms with Crippen molar-refractivity contribution in [3.05, 3.63) is 107 Å². The summed E-state index contributed by atoms with van der Waals surface area (Å²) >= 11 is 3.44. The lowest BCUT2D eigenvalue weighted by molar-refractivity contribution is 0.0907. The molecule has 152 valence electrons. The third-order valence-electron chi connectivity index (χ3n) is 4.74. The van der Waals surface area contributed by atoms with E-state index in [1.165, 1.54) is 0 Å². The van der Waals surface area contributed by atoms with Crippen LogP contribution in [-0.2, 0) is 6.61 Å². The van der Waals surface area contributed by atoms with Crippen LogP contribution < -0.4 is 10.1 Å². The van der Waals surface area contributed by atoms with Crippen LogP contribution in [0.15, 0.2) is 94.1 Å². The van der Waals surface area contributed by atoms with Crippen LogP contribution in [0.2, 0.25) is 0 Å². The molecule has 1 N–H and O–H groups in total. The van der Waals surface area contributed by atoms with Gasteiger partial charge in [0.15, 0.2) is 5.76 Å². The van der Waals surface area contributed by atoms with Gasteiger partial charge in [-0.05, 0) is 76.9 Å². The Kier molecular flexibility index (Phi) is 6.05. The van der Waals surface area contributed by atoms with Crippen molar-refractivity contribution >= 4 is 21.8 Å². The van der Waals surface area contributed by atoms with Crippen molar-refractivity contribution in [2.75, 3.05) is 0 Å². The lowest BCUT2D eigenvalue weighted by atomic mass is 10.1. The lowest BCUT2D eigenvalue weighted by Gasteiger charge is -2.14. The standard InChI is InChI=1S/C24H21BrN2O3/c1-17(18-8-10-19(11-9-18)27-14-4-5-15-27)26-24(28)23-13-12-20(30-23)16-29-22-7-3-2-6-21(22)25/h2-15,17H,16H2,1H3,(H,26,28). The van der Waals surface area contributed by atoms with Crippen LogP contribution in [0.5, 0.6) is 5.75 Å². The molecule has 2 aromatic carbocycles. The molecule has 0 saturated heterocycles. The fraction of sp³-hybridized carbons (Fsp3) is 0.125. The predicted molar refractivity (Wildman–Crippen MR) is 119 cm³/mol. The minimum atomic E-state index is -0.260. The first-order valence-electron chi connectivity index (χ1n) is 9.60. The quantitative estimate of drug-likeness (QED) is 0.370. The summed E-state index contributed by atoms with van der Waals surface area (Å²) in [5, 5.41) is 2.98. The number of hydrogen-bond acceptors (Lipinski definition) is 3. The highest BCUT2D eigenvalue weighted by Gasteiger charge is 2.15. The van der Waals surface area contributed by atoms with Gasteiger partial charge in [0.05, 0.1) is 10.5 Å². The highest BCUT2D eigenvalue weighted by atomic mass is 79.9. The third kappa shape index (κ3) is 4.66. The van der Waals surface area contributed by atoms with Gasteiger partial charge in [-0.2, -0.15) is 0 Å². The van der Waals surface area contributed by atoms with E-state index in [2.05, 4.69) is 21.2 Å². The van der Waals surface area contributed by atoms with Crippen LogP contribution in [0.1, 0.15) is 34.8 Å². The molecule has 4 aromatic rings. The molecule has 0 bridgehead atoms. The largest absolute Gasteiger partial charge is 0.484 e. The first kappa shape index (κ1) is 20.0. The average molecular weight is 465 g/mol. The number of furan rings is 1. The second kappa shape index (κ2) is 9.05. The number of benzene rings is 2. The zero-order valence-corrected chi connectivity index (χ0v) is 18.0. The monoisotopic (exact) mass is 464 g/mol. The molecule has 2 heterocycles. The van der Waals surface area contributed by atoms with Crippen molar-refractivity contribution < 1.29 is 13.9 Å². The van der Waals surface area contributed by atoms with Crippen molar-refractivity contribution in [1.82, 2.24) is 9.88 Å². The van der Waals surface area contributed by atoms with Crippen LogP contribution in [0, 0.1) is 0 Å². The summed E-state index contributed by atoms with van der Waals surface area (Å²) < 4.78 is 14.3. The summed E-state index contributed by atoms with van der Waals surface area (Å²) in [6.07, 6.45) is 3.99. The third-order valence-corrected chi connectivity index (χ3v) is 5.39. The van der Waals surface area contributed by atoms with E-state index in [0.29, 0.717) is 5.76 Å². The fourth-order valence-electron chi connectivity index (χ4n) is 3.08. The van der Waals surface area contributed by atoms with E-state index in [0.717, 1.165) is 21.5 Å². The van der Waals surface area contributed by atoms with Crippen LogP contribution in [0.4, 0.5) is 0 Å². The number of nitrogens with one attached hydrogen (secondary N) is 1. The van der Waals surface area contributed by atoms with Crippen molar-refractivity contribution in [2.24, 2.45) is 0 Å². The molecule has 1 amide bonds. The molecule has 5 nitrogen and oxygen atoms in total. The second-order valence-electron chi connectivity index (χ2n) is 6.86. The lowest BCUT2D eigenvalue weighted by Crippen LogP contribution is -2.26. The van der Waals surface area contributed by atoms with E-state index in [1.807, 2.05) is 84.5 Å². The van der Waals surface area contributed by atoms with Gasteiger partial charge in [0, 0.05) is 18.1 Å². The number of halogens is 1. The van der Waals surface area contributed by atoms with Gasteiger partial charge in [0.2, 0.25) is 0 Å². The molecule has 0 radical (unpaired) electrons. The Balaban J connectivity index is 1.35. The Labute approximate surface area is 183 Å². The number of aromatic nitrogens is 1. The number of nitrogens with zero attached hydrogens (tertiary/aromatic N) is 1. The number of hydrogen-bond donors (Lipinski definition) is 1. The zero-order chi connectivity index (χ0) is 20.9. The van der Waals surface area contributed by atoms with Crippen molar-refractivity contribution in [2.45, 2.75) is 19.6 Å². The smallest absolute Gasteiger partial charge is 0.287 e. The van der Waals surface area contributed by atoms with Gasteiger partial charge in [0.1, 0.15) is 18.1 Å². The number of carbonyl (C=O) groups excluding carboxylic acids is 1. The van der Waals surface area contributed by atoms with Crippen LogP contribution in [0.25, 0.3) is 5.69 Å². The van der Waals surface area contributed by atoms with Gasteiger partial charge in [-0.1, -0.05) is 24.3 Å². The van der Waals surface area contributed by atoms with E-state index in [9.17, 15) is 4.79 Å². The molecule has 0 aliphatic heterocycles. The van der Waals surface area contributed by atoms with Crippen LogP contribution >= 0.6 is 15.9 Å². The van der Waals surface area contributed by atoms with Gasteiger partial charge >= 0.3 is 0 Å². The number of rotatable bonds is 7. The average Bonchev–Trinajstić information content (AvgIpc) is 3.46. The van der Waals surface area contributed by atoms with E-state index < -0.39 is 0 Å². The molecular weight excluding hydrogens is 444 g/mol. The Morgan fingerprint density at radius 1 is 1.03 bits per heavy atom. The van der Waals surface area contributed by atoms with Gasteiger partial charge < -0.3 is 19.0 Å². The molecule has 0 fully saturated rings. The Bertz CT molecular complexity index is 1120. The summed E-state index contributed by atoms with van der Waals surface area (Å²) in [7, 11) is 0. The molecule has 0 spiro atoms. The maximum Gasteiger partial charge on any atom is 0.287 e. The van der Waals surface area contributed by atoms with Crippen LogP contribution in [0.3, 0.4) is 0 Å².